The molecular weight excluding hydrogens is 295 g/mol. The molecule has 0 aromatic heterocycles. The number of ketones is 1. The third-order valence-electron chi connectivity index (χ3n) is 4.50. The smallest absolute Gasteiger partial charge is 0.223 e. The molecule has 0 spiro atoms. The standard InChI is InChI=1S/C18H25FN2O2/c1-13(18(23)15-4-3-5-16(19)11-15)10-17(22)21-8-6-14(7-9-21)12-20-2/h3-5,11,13-14,20H,6-10,12H2,1-2H3. The molecule has 1 heterocycles. The molecule has 23 heavy (non-hydrogen) atoms. The molecule has 1 aliphatic rings. The van der Waals surface area contributed by atoms with Crippen molar-refractivity contribution in [3.63, 3.8) is 0 Å². The van der Waals surface area contributed by atoms with Crippen LogP contribution >= 0.6 is 0 Å². The molecule has 4 nitrogen and oxygen atoms in total. The molecule has 5 heteroatoms. The molecule has 0 bridgehead atoms. The maximum absolute atomic E-state index is 13.2. The van der Waals surface area contributed by atoms with Gasteiger partial charge in [0.15, 0.2) is 5.78 Å². The summed E-state index contributed by atoms with van der Waals surface area (Å²) in [4.78, 5) is 26.5. The molecule has 0 aliphatic carbocycles. The number of nitrogens with one attached hydrogen (secondary N) is 1. The molecule has 1 aromatic rings. The largest absolute Gasteiger partial charge is 0.343 e. The van der Waals surface area contributed by atoms with Crippen LogP contribution in [-0.4, -0.2) is 43.3 Å². The van der Waals surface area contributed by atoms with Crippen molar-refractivity contribution in [3.05, 3.63) is 35.6 Å². The molecule has 1 aromatic carbocycles. The maximum atomic E-state index is 13.2. The van der Waals surface area contributed by atoms with E-state index in [4.69, 9.17) is 0 Å². The minimum atomic E-state index is -0.431. The fourth-order valence-electron chi connectivity index (χ4n) is 3.09. The number of piperidine rings is 1. The number of carbonyl (C=O) groups is 2. The lowest BCUT2D eigenvalue weighted by molar-refractivity contribution is -0.133. The first-order valence-corrected chi connectivity index (χ1v) is 8.23. The summed E-state index contributed by atoms with van der Waals surface area (Å²) in [5.41, 5.74) is 0.332. The number of Topliss-reactive ketones (excluding diaryl/α,β-unsaturated/α-hetero) is 1. The number of rotatable bonds is 6. The highest BCUT2D eigenvalue weighted by molar-refractivity contribution is 5.99. The molecule has 2 rings (SSSR count). The van der Waals surface area contributed by atoms with Gasteiger partial charge in [-0.1, -0.05) is 19.1 Å². The van der Waals surface area contributed by atoms with E-state index >= 15 is 0 Å². The molecule has 126 valence electrons. The average molecular weight is 320 g/mol. The van der Waals surface area contributed by atoms with Crippen LogP contribution < -0.4 is 5.32 Å². The van der Waals surface area contributed by atoms with Crippen molar-refractivity contribution in [2.45, 2.75) is 26.2 Å². The Morgan fingerprint density at radius 1 is 1.35 bits per heavy atom. The van der Waals surface area contributed by atoms with E-state index in [0.29, 0.717) is 11.5 Å². The van der Waals surface area contributed by atoms with Crippen LogP contribution in [0.25, 0.3) is 0 Å². The first-order valence-electron chi connectivity index (χ1n) is 8.23. The average Bonchev–Trinajstić information content (AvgIpc) is 2.55. The third kappa shape index (κ3) is 4.86. The van der Waals surface area contributed by atoms with Gasteiger partial charge >= 0.3 is 0 Å². The van der Waals surface area contributed by atoms with Gasteiger partial charge in [-0.05, 0) is 44.5 Å². The number of amides is 1. The van der Waals surface area contributed by atoms with Crippen molar-refractivity contribution >= 4 is 11.7 Å². The number of carbonyl (C=O) groups excluding carboxylic acids is 2. The van der Waals surface area contributed by atoms with Gasteiger partial charge in [-0.15, -0.1) is 0 Å². The number of likely N-dealkylation sites (tertiary alicyclic amines) is 1. The van der Waals surface area contributed by atoms with Crippen LogP contribution in [0.1, 0.15) is 36.5 Å². The van der Waals surface area contributed by atoms with Crippen LogP contribution in [0.15, 0.2) is 24.3 Å². The lowest BCUT2D eigenvalue weighted by Crippen LogP contribution is -2.41. The number of halogens is 1. The second-order valence-electron chi connectivity index (χ2n) is 6.36. The van der Waals surface area contributed by atoms with Crippen LogP contribution in [0.5, 0.6) is 0 Å². The maximum Gasteiger partial charge on any atom is 0.223 e. The van der Waals surface area contributed by atoms with Gasteiger partial charge in [0.1, 0.15) is 5.82 Å². The second kappa shape index (κ2) is 8.20. The van der Waals surface area contributed by atoms with E-state index in [0.717, 1.165) is 32.5 Å². The number of benzene rings is 1. The Morgan fingerprint density at radius 3 is 2.65 bits per heavy atom. The monoisotopic (exact) mass is 320 g/mol. The first kappa shape index (κ1) is 17.6. The molecule has 0 saturated carbocycles. The molecule has 0 radical (unpaired) electrons. The topological polar surface area (TPSA) is 49.4 Å². The minimum Gasteiger partial charge on any atom is -0.343 e. The molecule has 1 amide bonds. The zero-order valence-electron chi connectivity index (χ0n) is 13.8. The Morgan fingerprint density at radius 2 is 2.04 bits per heavy atom. The van der Waals surface area contributed by atoms with Gasteiger partial charge in [-0.2, -0.15) is 0 Å². The Bertz CT molecular complexity index is 554. The van der Waals surface area contributed by atoms with E-state index in [1.54, 1.807) is 13.0 Å². The van der Waals surface area contributed by atoms with Crippen LogP contribution in [0.4, 0.5) is 4.39 Å². The summed E-state index contributed by atoms with van der Waals surface area (Å²) in [6.45, 7) is 4.23. The van der Waals surface area contributed by atoms with Gasteiger partial charge in [-0.3, -0.25) is 9.59 Å². The third-order valence-corrected chi connectivity index (χ3v) is 4.50. The number of nitrogens with zero attached hydrogens (tertiary/aromatic N) is 1. The zero-order chi connectivity index (χ0) is 16.8. The van der Waals surface area contributed by atoms with E-state index in [9.17, 15) is 14.0 Å². The van der Waals surface area contributed by atoms with E-state index in [1.807, 2.05) is 11.9 Å². The van der Waals surface area contributed by atoms with Crippen molar-refractivity contribution in [3.8, 4) is 0 Å². The molecule has 1 aliphatic heterocycles. The highest BCUT2D eigenvalue weighted by Crippen LogP contribution is 2.19. The van der Waals surface area contributed by atoms with Crippen molar-refractivity contribution in [1.29, 1.82) is 0 Å². The second-order valence-corrected chi connectivity index (χ2v) is 6.36. The van der Waals surface area contributed by atoms with E-state index in [-0.39, 0.29) is 18.1 Å². The van der Waals surface area contributed by atoms with E-state index in [2.05, 4.69) is 5.32 Å². The van der Waals surface area contributed by atoms with Gasteiger partial charge in [0.25, 0.3) is 0 Å². The highest BCUT2D eigenvalue weighted by Gasteiger charge is 2.25. The predicted molar refractivity (Wildman–Crippen MR) is 87.7 cm³/mol. The van der Waals surface area contributed by atoms with Crippen molar-refractivity contribution < 1.29 is 14.0 Å². The van der Waals surface area contributed by atoms with Gasteiger partial charge in [0.2, 0.25) is 5.91 Å². The summed E-state index contributed by atoms with van der Waals surface area (Å²) in [6, 6.07) is 5.65. The van der Waals surface area contributed by atoms with Crippen molar-refractivity contribution in [2.75, 3.05) is 26.7 Å². The zero-order valence-corrected chi connectivity index (χ0v) is 13.8. The summed E-state index contributed by atoms with van der Waals surface area (Å²) < 4.78 is 13.2. The van der Waals surface area contributed by atoms with Gasteiger partial charge in [0, 0.05) is 31.0 Å². The van der Waals surface area contributed by atoms with Crippen LogP contribution in [-0.2, 0) is 4.79 Å². The lowest BCUT2D eigenvalue weighted by Gasteiger charge is -2.32. The van der Waals surface area contributed by atoms with Crippen molar-refractivity contribution in [1.82, 2.24) is 10.2 Å². The van der Waals surface area contributed by atoms with Gasteiger partial charge < -0.3 is 10.2 Å². The predicted octanol–water partition coefficient (Wildman–Crippen LogP) is 2.49. The Labute approximate surface area is 137 Å². The molecule has 1 fully saturated rings. The van der Waals surface area contributed by atoms with Gasteiger partial charge in [0.05, 0.1) is 0 Å². The molecular formula is C18H25FN2O2. The lowest BCUT2D eigenvalue weighted by atomic mass is 9.93. The Hall–Kier alpha value is -1.75. The summed E-state index contributed by atoms with van der Waals surface area (Å²) in [6.07, 6.45) is 2.18. The van der Waals surface area contributed by atoms with E-state index in [1.165, 1.54) is 18.2 Å². The fourth-order valence-corrected chi connectivity index (χ4v) is 3.09. The van der Waals surface area contributed by atoms with Crippen LogP contribution in [0.3, 0.4) is 0 Å². The van der Waals surface area contributed by atoms with E-state index < -0.39 is 11.7 Å². The van der Waals surface area contributed by atoms with Crippen LogP contribution in [0, 0.1) is 17.7 Å². The summed E-state index contributed by atoms with van der Waals surface area (Å²) in [7, 11) is 1.94. The Balaban J connectivity index is 1.86. The number of hydrogen-bond donors (Lipinski definition) is 1. The Kier molecular flexibility index (Phi) is 6.28. The first-order chi connectivity index (χ1) is 11.0. The summed E-state index contributed by atoms with van der Waals surface area (Å²) in [5, 5.41) is 3.17. The molecule has 1 atom stereocenters. The normalized spacial score (nSPS) is 17.1. The van der Waals surface area contributed by atoms with Gasteiger partial charge in [-0.25, -0.2) is 4.39 Å². The minimum absolute atomic E-state index is 0.0187. The molecule has 1 unspecified atom stereocenters. The summed E-state index contributed by atoms with van der Waals surface area (Å²) >= 11 is 0. The molecule has 1 N–H and O–H groups in total. The van der Waals surface area contributed by atoms with Crippen molar-refractivity contribution in [2.24, 2.45) is 11.8 Å². The highest BCUT2D eigenvalue weighted by atomic mass is 19.1. The summed E-state index contributed by atoms with van der Waals surface area (Å²) in [5.74, 6) is -0.399. The number of hydrogen-bond acceptors (Lipinski definition) is 3. The fraction of sp³-hybridized carbons (Fsp3) is 0.556. The van der Waals surface area contributed by atoms with Crippen LogP contribution in [0.2, 0.25) is 0 Å². The molecule has 1 saturated heterocycles. The quantitative estimate of drug-likeness (QED) is 0.819. The SMILES string of the molecule is CNCC1CCN(C(=O)CC(C)C(=O)c2cccc(F)c2)CC1.